The zero-order chi connectivity index (χ0) is 13.1. The van der Waals surface area contributed by atoms with Gasteiger partial charge in [0, 0.05) is 11.8 Å². The Labute approximate surface area is 110 Å². The maximum Gasteiger partial charge on any atom is 0.224 e. The quantitative estimate of drug-likeness (QED) is 0.859. The van der Waals surface area contributed by atoms with Crippen LogP contribution >= 0.6 is 11.6 Å². The molecule has 0 radical (unpaired) electrons. The van der Waals surface area contributed by atoms with Gasteiger partial charge in [0.1, 0.15) is 11.6 Å². The van der Waals surface area contributed by atoms with Crippen molar-refractivity contribution in [2.24, 2.45) is 0 Å². The summed E-state index contributed by atoms with van der Waals surface area (Å²) in [6.45, 7) is 3.77. The van der Waals surface area contributed by atoms with Gasteiger partial charge in [-0.15, -0.1) is 0 Å². The molecule has 2 aromatic rings. The number of anilines is 1. The summed E-state index contributed by atoms with van der Waals surface area (Å²) in [6.07, 6.45) is 0. The molecule has 0 amide bonds. The Morgan fingerprint density at radius 3 is 2.72 bits per heavy atom. The molecule has 1 heterocycles. The smallest absolute Gasteiger partial charge is 0.224 e. The third-order valence-corrected chi connectivity index (χ3v) is 2.71. The van der Waals surface area contributed by atoms with Crippen LogP contribution in [0.25, 0.3) is 0 Å². The van der Waals surface area contributed by atoms with Crippen LogP contribution in [0.15, 0.2) is 30.3 Å². The second-order valence-electron chi connectivity index (χ2n) is 4.08. The lowest BCUT2D eigenvalue weighted by molar-refractivity contribution is 0.623. The molecule has 0 aliphatic heterocycles. The number of aromatic nitrogens is 2. The maximum atomic E-state index is 13.1. The molecule has 2 rings (SSSR count). The fraction of sp³-hybridized carbons (Fsp3) is 0.231. The monoisotopic (exact) mass is 265 g/mol. The Bertz CT molecular complexity index is 539. The molecular weight excluding hydrogens is 253 g/mol. The largest absolute Gasteiger partial charge is 0.363 e. The van der Waals surface area contributed by atoms with Gasteiger partial charge in [-0.2, -0.15) is 0 Å². The van der Waals surface area contributed by atoms with Crippen molar-refractivity contribution in [3.8, 4) is 0 Å². The fourth-order valence-corrected chi connectivity index (χ4v) is 1.91. The van der Waals surface area contributed by atoms with Crippen molar-refractivity contribution in [2.75, 3.05) is 5.32 Å². The Morgan fingerprint density at radius 1 is 1.28 bits per heavy atom. The summed E-state index contributed by atoms with van der Waals surface area (Å²) in [6, 6.07) is 8.18. The topological polar surface area (TPSA) is 37.8 Å². The van der Waals surface area contributed by atoms with Gasteiger partial charge in [0.05, 0.1) is 6.04 Å². The van der Waals surface area contributed by atoms with E-state index in [-0.39, 0.29) is 17.1 Å². The minimum absolute atomic E-state index is 0.0638. The molecule has 0 bridgehead atoms. The van der Waals surface area contributed by atoms with Crippen LogP contribution in [-0.2, 0) is 0 Å². The highest BCUT2D eigenvalue weighted by Crippen LogP contribution is 2.19. The first kappa shape index (κ1) is 12.8. The lowest BCUT2D eigenvalue weighted by atomic mass is 10.1. The first-order chi connectivity index (χ1) is 8.54. The first-order valence-corrected chi connectivity index (χ1v) is 5.95. The van der Waals surface area contributed by atoms with E-state index in [0.29, 0.717) is 5.82 Å². The molecule has 0 fully saturated rings. The van der Waals surface area contributed by atoms with Crippen molar-refractivity contribution in [3.63, 3.8) is 0 Å². The summed E-state index contributed by atoms with van der Waals surface area (Å²) in [4.78, 5) is 8.05. The molecule has 0 saturated carbocycles. The summed E-state index contributed by atoms with van der Waals surface area (Å²) in [5.74, 6) is 0.377. The number of hydrogen-bond acceptors (Lipinski definition) is 3. The van der Waals surface area contributed by atoms with Crippen LogP contribution < -0.4 is 5.32 Å². The number of rotatable bonds is 3. The van der Waals surface area contributed by atoms with E-state index in [1.54, 1.807) is 12.1 Å². The van der Waals surface area contributed by atoms with Gasteiger partial charge in [-0.1, -0.05) is 12.1 Å². The van der Waals surface area contributed by atoms with Crippen LogP contribution in [-0.4, -0.2) is 9.97 Å². The van der Waals surface area contributed by atoms with E-state index in [9.17, 15) is 4.39 Å². The number of aryl methyl sites for hydroxylation is 1. The van der Waals surface area contributed by atoms with E-state index < -0.39 is 0 Å². The average Bonchev–Trinajstić information content (AvgIpc) is 2.27. The van der Waals surface area contributed by atoms with Gasteiger partial charge in [0.2, 0.25) is 5.28 Å². The van der Waals surface area contributed by atoms with Crippen LogP contribution in [0.5, 0.6) is 0 Å². The molecule has 1 aromatic carbocycles. The molecule has 0 aliphatic rings. The molecule has 18 heavy (non-hydrogen) atoms. The van der Waals surface area contributed by atoms with Crippen LogP contribution in [0.2, 0.25) is 5.28 Å². The first-order valence-electron chi connectivity index (χ1n) is 5.58. The Hall–Kier alpha value is -1.68. The Kier molecular flexibility index (Phi) is 3.77. The highest BCUT2D eigenvalue weighted by Gasteiger charge is 2.08. The fourth-order valence-electron chi connectivity index (χ4n) is 1.69. The molecule has 94 valence electrons. The minimum atomic E-state index is -0.252. The van der Waals surface area contributed by atoms with E-state index >= 15 is 0 Å². The molecule has 0 aliphatic carbocycles. The average molecular weight is 266 g/mol. The molecule has 1 atom stereocenters. The van der Waals surface area contributed by atoms with E-state index in [1.165, 1.54) is 12.1 Å². The lowest BCUT2D eigenvalue weighted by Gasteiger charge is -2.15. The molecule has 1 unspecified atom stereocenters. The zero-order valence-electron chi connectivity index (χ0n) is 10.1. The number of benzene rings is 1. The van der Waals surface area contributed by atoms with E-state index in [0.717, 1.165) is 11.3 Å². The second kappa shape index (κ2) is 5.31. The van der Waals surface area contributed by atoms with Gasteiger partial charge in [0.15, 0.2) is 0 Å². The van der Waals surface area contributed by atoms with Crippen LogP contribution in [0, 0.1) is 12.7 Å². The predicted octanol–water partition coefficient (Wildman–Crippen LogP) is 3.75. The molecule has 0 spiro atoms. The molecule has 1 aromatic heterocycles. The van der Waals surface area contributed by atoms with Gasteiger partial charge < -0.3 is 5.32 Å². The molecular formula is C13H13ClFN3. The van der Waals surface area contributed by atoms with Crippen molar-refractivity contribution in [3.05, 3.63) is 52.7 Å². The van der Waals surface area contributed by atoms with E-state index in [1.807, 2.05) is 19.9 Å². The van der Waals surface area contributed by atoms with Gasteiger partial charge in [-0.05, 0) is 43.1 Å². The van der Waals surface area contributed by atoms with Crippen molar-refractivity contribution in [1.29, 1.82) is 0 Å². The van der Waals surface area contributed by atoms with Gasteiger partial charge >= 0.3 is 0 Å². The molecule has 1 N–H and O–H groups in total. The summed E-state index contributed by atoms with van der Waals surface area (Å²) in [7, 11) is 0. The SMILES string of the molecule is Cc1cc(NC(C)c2cccc(F)c2)nc(Cl)n1. The molecule has 5 heteroatoms. The lowest BCUT2D eigenvalue weighted by Crippen LogP contribution is -2.09. The third kappa shape index (κ3) is 3.17. The van der Waals surface area contributed by atoms with Crippen molar-refractivity contribution in [2.45, 2.75) is 19.9 Å². The predicted molar refractivity (Wildman–Crippen MR) is 70.2 cm³/mol. The van der Waals surface area contributed by atoms with Crippen molar-refractivity contribution in [1.82, 2.24) is 9.97 Å². The molecule has 0 saturated heterocycles. The summed E-state index contributed by atoms with van der Waals surface area (Å²) in [5.41, 5.74) is 1.63. The van der Waals surface area contributed by atoms with Gasteiger partial charge in [0.25, 0.3) is 0 Å². The summed E-state index contributed by atoms with van der Waals surface area (Å²) >= 11 is 5.78. The normalized spacial score (nSPS) is 12.2. The number of nitrogens with zero attached hydrogens (tertiary/aromatic N) is 2. The third-order valence-electron chi connectivity index (χ3n) is 2.54. The summed E-state index contributed by atoms with van der Waals surface area (Å²) < 4.78 is 13.1. The maximum absolute atomic E-state index is 13.1. The Morgan fingerprint density at radius 2 is 2.06 bits per heavy atom. The Balaban J connectivity index is 2.18. The van der Waals surface area contributed by atoms with Gasteiger partial charge in [-0.3, -0.25) is 0 Å². The van der Waals surface area contributed by atoms with Crippen molar-refractivity contribution >= 4 is 17.4 Å². The van der Waals surface area contributed by atoms with E-state index in [2.05, 4.69) is 15.3 Å². The van der Waals surface area contributed by atoms with Crippen LogP contribution in [0.4, 0.5) is 10.2 Å². The number of hydrogen-bond donors (Lipinski definition) is 1. The standard InChI is InChI=1S/C13H13ClFN3/c1-8-6-12(18-13(14)16-8)17-9(2)10-4-3-5-11(15)7-10/h3-7,9H,1-2H3,(H,16,17,18). The van der Waals surface area contributed by atoms with Crippen molar-refractivity contribution < 1.29 is 4.39 Å². The van der Waals surface area contributed by atoms with Crippen LogP contribution in [0.1, 0.15) is 24.2 Å². The number of halogens is 2. The van der Waals surface area contributed by atoms with Crippen LogP contribution in [0.3, 0.4) is 0 Å². The van der Waals surface area contributed by atoms with Gasteiger partial charge in [-0.25, -0.2) is 14.4 Å². The second-order valence-corrected chi connectivity index (χ2v) is 4.42. The highest BCUT2D eigenvalue weighted by atomic mass is 35.5. The van der Waals surface area contributed by atoms with E-state index in [4.69, 9.17) is 11.6 Å². The zero-order valence-corrected chi connectivity index (χ0v) is 10.9. The molecule has 3 nitrogen and oxygen atoms in total. The summed E-state index contributed by atoms with van der Waals surface area (Å²) in [5, 5.41) is 3.36. The number of nitrogens with one attached hydrogen (secondary N) is 1. The minimum Gasteiger partial charge on any atom is -0.363 e. The highest BCUT2D eigenvalue weighted by molar-refractivity contribution is 6.28.